The first-order valence-electron chi connectivity index (χ1n) is 4.24. The molecule has 0 aliphatic rings. The third kappa shape index (κ3) is 3.12. The second-order valence-corrected chi connectivity index (χ2v) is 4.05. The second-order valence-electron chi connectivity index (χ2n) is 3.19. The molecule has 2 N–H and O–H groups in total. The number of halogens is 7. The lowest BCUT2D eigenvalue weighted by molar-refractivity contribution is -0.142. The van der Waals surface area contributed by atoms with Crippen molar-refractivity contribution in [3.05, 3.63) is 33.3 Å². The van der Waals surface area contributed by atoms with Crippen LogP contribution in [0.25, 0.3) is 0 Å². The average Bonchev–Trinajstić information content (AvgIpc) is 2.12. The summed E-state index contributed by atoms with van der Waals surface area (Å²) in [6.45, 7) is -0.628. The van der Waals surface area contributed by atoms with Crippen LogP contribution in [0, 0.1) is 0 Å². The second kappa shape index (κ2) is 4.49. The van der Waals surface area contributed by atoms with Gasteiger partial charge in [-0.25, -0.2) is 0 Å². The first-order chi connectivity index (χ1) is 7.57. The molecule has 1 rings (SSSR count). The lowest BCUT2D eigenvalue weighted by atomic mass is 10.0. The molecule has 0 unspecified atom stereocenters. The van der Waals surface area contributed by atoms with Crippen molar-refractivity contribution in [2.45, 2.75) is 18.9 Å². The molecule has 0 radical (unpaired) electrons. The van der Waals surface area contributed by atoms with E-state index in [4.69, 9.17) is 5.73 Å². The average molecular weight is 322 g/mol. The molecule has 0 heterocycles. The fourth-order valence-corrected chi connectivity index (χ4v) is 2.03. The van der Waals surface area contributed by atoms with Crippen LogP contribution in [0.5, 0.6) is 0 Å². The van der Waals surface area contributed by atoms with Crippen LogP contribution in [0.15, 0.2) is 16.6 Å². The van der Waals surface area contributed by atoms with Crippen molar-refractivity contribution in [3.8, 4) is 0 Å². The Kier molecular flexibility index (Phi) is 3.78. The normalized spacial score (nSPS) is 12.9. The standard InChI is InChI=1S/C9H6BrF6N/c10-6-2-5(8(11,12)13)1-4(3-17)7(6)9(14,15)16/h1-2H,3,17H2. The van der Waals surface area contributed by atoms with E-state index in [1.165, 1.54) is 0 Å². The van der Waals surface area contributed by atoms with Gasteiger partial charge in [-0.05, 0) is 17.7 Å². The molecule has 0 aliphatic heterocycles. The Morgan fingerprint density at radius 3 is 1.88 bits per heavy atom. The van der Waals surface area contributed by atoms with E-state index in [1.807, 2.05) is 0 Å². The van der Waals surface area contributed by atoms with Crippen molar-refractivity contribution < 1.29 is 26.3 Å². The van der Waals surface area contributed by atoms with E-state index in [0.717, 1.165) is 0 Å². The summed E-state index contributed by atoms with van der Waals surface area (Å²) in [5, 5.41) is 0. The molecule has 0 spiro atoms. The molecular formula is C9H6BrF6N. The van der Waals surface area contributed by atoms with Gasteiger partial charge in [0.05, 0.1) is 11.1 Å². The number of benzene rings is 1. The Morgan fingerprint density at radius 2 is 1.53 bits per heavy atom. The number of nitrogens with two attached hydrogens (primary N) is 1. The van der Waals surface area contributed by atoms with Crippen LogP contribution >= 0.6 is 15.9 Å². The Labute approximate surface area is 101 Å². The molecule has 0 aliphatic carbocycles. The summed E-state index contributed by atoms with van der Waals surface area (Å²) in [6.07, 6.45) is -9.46. The molecule has 17 heavy (non-hydrogen) atoms. The predicted molar refractivity (Wildman–Crippen MR) is 52.0 cm³/mol. The van der Waals surface area contributed by atoms with Crippen molar-refractivity contribution in [2.75, 3.05) is 0 Å². The molecule has 0 atom stereocenters. The molecule has 0 aromatic heterocycles. The van der Waals surface area contributed by atoms with E-state index < -0.39 is 40.1 Å². The maximum atomic E-state index is 12.6. The van der Waals surface area contributed by atoms with Crippen molar-refractivity contribution in [1.29, 1.82) is 0 Å². The summed E-state index contributed by atoms with van der Waals surface area (Å²) < 4.78 is 74.1. The molecule has 0 bridgehead atoms. The van der Waals surface area contributed by atoms with Gasteiger partial charge in [0, 0.05) is 11.0 Å². The summed E-state index contributed by atoms with van der Waals surface area (Å²) in [5.74, 6) is 0. The zero-order chi connectivity index (χ0) is 13.4. The maximum Gasteiger partial charge on any atom is 0.417 e. The topological polar surface area (TPSA) is 26.0 Å². The molecule has 0 fully saturated rings. The van der Waals surface area contributed by atoms with Crippen molar-refractivity contribution in [1.82, 2.24) is 0 Å². The molecule has 8 heteroatoms. The zero-order valence-electron chi connectivity index (χ0n) is 8.08. The third-order valence-electron chi connectivity index (χ3n) is 2.00. The molecule has 1 nitrogen and oxygen atoms in total. The van der Waals surface area contributed by atoms with Gasteiger partial charge in [0.1, 0.15) is 0 Å². The molecule has 1 aromatic carbocycles. The summed E-state index contributed by atoms with van der Waals surface area (Å²) in [4.78, 5) is 0. The minimum atomic E-state index is -4.75. The maximum absolute atomic E-state index is 12.6. The van der Waals surface area contributed by atoms with E-state index in [1.54, 1.807) is 0 Å². The van der Waals surface area contributed by atoms with Gasteiger partial charge in [-0.1, -0.05) is 15.9 Å². The van der Waals surface area contributed by atoms with Crippen LogP contribution in [-0.4, -0.2) is 0 Å². The Balaban J connectivity index is 3.47. The zero-order valence-corrected chi connectivity index (χ0v) is 9.67. The number of hydrogen-bond donors (Lipinski definition) is 1. The van der Waals surface area contributed by atoms with Gasteiger partial charge in [-0.3, -0.25) is 0 Å². The fourth-order valence-electron chi connectivity index (χ4n) is 1.31. The van der Waals surface area contributed by atoms with Crippen LogP contribution in [0.1, 0.15) is 16.7 Å². The molecule has 0 saturated heterocycles. The smallest absolute Gasteiger partial charge is 0.326 e. The van der Waals surface area contributed by atoms with Gasteiger partial charge in [0.25, 0.3) is 0 Å². The van der Waals surface area contributed by atoms with Gasteiger partial charge < -0.3 is 5.73 Å². The highest BCUT2D eigenvalue weighted by atomic mass is 79.9. The summed E-state index contributed by atoms with van der Waals surface area (Å²) in [6, 6.07) is 0.801. The molecular weight excluding hydrogens is 316 g/mol. The minimum Gasteiger partial charge on any atom is -0.326 e. The summed E-state index contributed by atoms with van der Waals surface area (Å²) in [5.41, 5.74) is 2.10. The van der Waals surface area contributed by atoms with E-state index in [2.05, 4.69) is 15.9 Å². The van der Waals surface area contributed by atoms with Crippen molar-refractivity contribution in [2.24, 2.45) is 5.73 Å². The number of alkyl halides is 6. The number of hydrogen-bond acceptors (Lipinski definition) is 1. The van der Waals surface area contributed by atoms with Gasteiger partial charge in [-0.15, -0.1) is 0 Å². The Bertz CT molecular complexity index is 423. The van der Waals surface area contributed by atoms with Crippen LogP contribution in [0.3, 0.4) is 0 Å². The third-order valence-corrected chi connectivity index (χ3v) is 2.63. The van der Waals surface area contributed by atoms with Crippen LogP contribution < -0.4 is 5.73 Å². The minimum absolute atomic E-state index is 0.391. The van der Waals surface area contributed by atoms with Crippen LogP contribution in [-0.2, 0) is 18.9 Å². The Hall–Kier alpha value is -0.760. The first kappa shape index (κ1) is 14.3. The van der Waals surface area contributed by atoms with Gasteiger partial charge in [0.15, 0.2) is 0 Å². The fraction of sp³-hybridized carbons (Fsp3) is 0.333. The molecule has 1 aromatic rings. The van der Waals surface area contributed by atoms with E-state index >= 15 is 0 Å². The summed E-state index contributed by atoms with van der Waals surface area (Å²) >= 11 is 2.49. The highest BCUT2D eigenvalue weighted by molar-refractivity contribution is 9.10. The van der Waals surface area contributed by atoms with Gasteiger partial charge in [0.2, 0.25) is 0 Å². The van der Waals surface area contributed by atoms with E-state index in [0.29, 0.717) is 12.1 Å². The quantitative estimate of drug-likeness (QED) is 0.779. The molecule has 96 valence electrons. The molecule has 0 amide bonds. The highest BCUT2D eigenvalue weighted by Gasteiger charge is 2.38. The highest BCUT2D eigenvalue weighted by Crippen LogP contribution is 2.41. The SMILES string of the molecule is NCc1cc(C(F)(F)F)cc(Br)c1C(F)(F)F. The molecule has 0 saturated carbocycles. The van der Waals surface area contributed by atoms with Crippen molar-refractivity contribution >= 4 is 15.9 Å². The van der Waals surface area contributed by atoms with Crippen LogP contribution in [0.2, 0.25) is 0 Å². The van der Waals surface area contributed by atoms with Gasteiger partial charge >= 0.3 is 12.4 Å². The monoisotopic (exact) mass is 321 g/mol. The van der Waals surface area contributed by atoms with E-state index in [9.17, 15) is 26.3 Å². The largest absolute Gasteiger partial charge is 0.417 e. The van der Waals surface area contributed by atoms with E-state index in [-0.39, 0.29) is 0 Å². The predicted octanol–water partition coefficient (Wildman–Crippen LogP) is 3.95. The first-order valence-corrected chi connectivity index (χ1v) is 5.03. The van der Waals surface area contributed by atoms with Crippen LogP contribution in [0.4, 0.5) is 26.3 Å². The number of rotatable bonds is 1. The summed E-state index contributed by atoms with van der Waals surface area (Å²) in [7, 11) is 0. The Morgan fingerprint density at radius 1 is 1.00 bits per heavy atom. The lowest BCUT2D eigenvalue weighted by Crippen LogP contribution is -2.16. The van der Waals surface area contributed by atoms with Crippen molar-refractivity contribution in [3.63, 3.8) is 0 Å². The van der Waals surface area contributed by atoms with Gasteiger partial charge in [-0.2, -0.15) is 26.3 Å². The lowest BCUT2D eigenvalue weighted by Gasteiger charge is -2.16.